The van der Waals surface area contributed by atoms with Crippen LogP contribution in [0, 0.1) is 0 Å². The van der Waals surface area contributed by atoms with Gasteiger partial charge in [0.2, 0.25) is 0 Å². The van der Waals surface area contributed by atoms with Gasteiger partial charge in [-0.3, -0.25) is 4.90 Å². The number of piperidine rings is 1. The van der Waals surface area contributed by atoms with Crippen LogP contribution in [0.3, 0.4) is 0 Å². The molecule has 0 amide bonds. The van der Waals surface area contributed by atoms with E-state index in [0.29, 0.717) is 6.04 Å². The Labute approximate surface area is 131 Å². The number of likely N-dealkylation sites (N-methyl/N-ethyl adjacent to an activating group) is 2. The molecule has 0 aromatic rings. The summed E-state index contributed by atoms with van der Waals surface area (Å²) >= 11 is 0. The number of aliphatic hydroxyl groups excluding tert-OH is 1. The van der Waals surface area contributed by atoms with Crippen molar-refractivity contribution in [2.24, 2.45) is 0 Å². The molecule has 1 saturated heterocycles. The molecule has 1 rings (SSSR count). The zero-order valence-corrected chi connectivity index (χ0v) is 15.1. The zero-order valence-electron chi connectivity index (χ0n) is 15.1. The van der Waals surface area contributed by atoms with Crippen LogP contribution in [0.5, 0.6) is 0 Å². The summed E-state index contributed by atoms with van der Waals surface area (Å²) in [6, 6.07) is 0.606. The monoisotopic (exact) mass is 298 g/mol. The largest absolute Gasteiger partial charge is 0.390 e. The van der Waals surface area contributed by atoms with E-state index in [0.717, 1.165) is 17.6 Å². The van der Waals surface area contributed by atoms with Gasteiger partial charge in [0, 0.05) is 23.7 Å². The van der Waals surface area contributed by atoms with E-state index < -0.39 is 0 Å². The zero-order chi connectivity index (χ0) is 16.3. The van der Waals surface area contributed by atoms with Crippen molar-refractivity contribution in [3.63, 3.8) is 0 Å². The highest BCUT2D eigenvalue weighted by atomic mass is 16.3. The van der Waals surface area contributed by atoms with Crippen molar-refractivity contribution in [2.45, 2.75) is 57.7 Å². The fraction of sp³-hybridized carbons (Fsp3) is 0.882. The predicted octanol–water partition coefficient (Wildman–Crippen LogP) is 1.81. The van der Waals surface area contributed by atoms with Gasteiger partial charge in [0.05, 0.1) is 26.9 Å². The molecule has 21 heavy (non-hydrogen) atoms. The van der Waals surface area contributed by atoms with E-state index in [1.54, 1.807) is 0 Å². The molecular formula is C17H36N3O+. The third-order valence-corrected chi connectivity index (χ3v) is 4.37. The van der Waals surface area contributed by atoms with Crippen LogP contribution < -0.4 is 5.32 Å². The lowest BCUT2D eigenvalue weighted by Crippen LogP contribution is -2.61. The minimum absolute atomic E-state index is 0.191. The van der Waals surface area contributed by atoms with Crippen molar-refractivity contribution in [1.29, 1.82) is 0 Å². The number of nitrogens with zero attached hydrogens (tertiary/aromatic N) is 2. The van der Waals surface area contributed by atoms with Crippen LogP contribution in [0.4, 0.5) is 0 Å². The molecule has 0 spiro atoms. The molecule has 0 unspecified atom stereocenters. The maximum atomic E-state index is 9.06. The number of rotatable bonds is 6. The second-order valence-corrected chi connectivity index (χ2v) is 8.51. The van der Waals surface area contributed by atoms with Crippen molar-refractivity contribution in [3.8, 4) is 0 Å². The third kappa shape index (κ3) is 6.47. The fourth-order valence-corrected chi connectivity index (χ4v) is 3.56. The van der Waals surface area contributed by atoms with Gasteiger partial charge in [0.1, 0.15) is 6.54 Å². The Morgan fingerprint density at radius 1 is 1.19 bits per heavy atom. The van der Waals surface area contributed by atoms with E-state index in [1.807, 2.05) is 0 Å². The number of nitrogens with one attached hydrogen (secondary N) is 1. The molecule has 2 N–H and O–H groups in total. The summed E-state index contributed by atoms with van der Waals surface area (Å²) in [7, 11) is 6.45. The molecule has 0 atom stereocenters. The van der Waals surface area contributed by atoms with E-state index >= 15 is 0 Å². The summed E-state index contributed by atoms with van der Waals surface area (Å²) in [6.07, 6.45) is 6.77. The normalized spacial score (nSPS) is 23.1. The standard InChI is InChI=1S/C17H36N3O/c1-16(2)13-15(14-17(3,4)18-16)19(5)9-8-10-20(6,7)11-12-21/h8,10,15,18,21H,9,11-14H2,1-7H3/q+1/b10-8+. The average Bonchev–Trinajstić information content (AvgIpc) is 2.23. The lowest BCUT2D eigenvalue weighted by Gasteiger charge is -2.49. The Morgan fingerprint density at radius 2 is 1.71 bits per heavy atom. The smallest absolute Gasteiger partial charge is 0.106 e. The number of hydrogen-bond donors (Lipinski definition) is 2. The van der Waals surface area contributed by atoms with Gasteiger partial charge in [-0.15, -0.1) is 0 Å². The molecule has 1 heterocycles. The first-order valence-corrected chi connectivity index (χ1v) is 8.07. The van der Waals surface area contributed by atoms with Crippen molar-refractivity contribution < 1.29 is 9.59 Å². The van der Waals surface area contributed by atoms with Crippen LogP contribution >= 0.6 is 0 Å². The maximum absolute atomic E-state index is 9.06. The lowest BCUT2D eigenvalue weighted by atomic mass is 9.79. The molecule has 0 saturated carbocycles. The number of aliphatic hydroxyl groups is 1. The van der Waals surface area contributed by atoms with Gasteiger partial charge in [0.15, 0.2) is 0 Å². The summed E-state index contributed by atoms with van der Waals surface area (Å²) in [6.45, 7) is 11.1. The fourth-order valence-electron chi connectivity index (χ4n) is 3.56. The molecule has 0 radical (unpaired) electrons. The van der Waals surface area contributed by atoms with E-state index in [-0.39, 0.29) is 17.7 Å². The molecule has 0 bridgehead atoms. The van der Waals surface area contributed by atoms with Gasteiger partial charge >= 0.3 is 0 Å². The SMILES string of the molecule is CN(C/C=C/[N+](C)(C)CCO)C1CC(C)(C)NC(C)(C)C1. The Kier molecular flexibility index (Phi) is 6.01. The Hall–Kier alpha value is -0.420. The molecule has 0 aromatic heterocycles. The number of quaternary nitrogens is 1. The topological polar surface area (TPSA) is 35.5 Å². The first kappa shape index (κ1) is 18.6. The van der Waals surface area contributed by atoms with Crippen LogP contribution in [0.15, 0.2) is 12.3 Å². The molecule has 0 aliphatic carbocycles. The molecule has 0 aromatic carbocycles. The second-order valence-electron chi connectivity index (χ2n) is 8.51. The van der Waals surface area contributed by atoms with Crippen LogP contribution in [0.25, 0.3) is 0 Å². The minimum Gasteiger partial charge on any atom is -0.390 e. The summed E-state index contributed by atoms with van der Waals surface area (Å²) in [5, 5.41) is 12.8. The average molecular weight is 298 g/mol. The molecule has 4 nitrogen and oxygen atoms in total. The highest BCUT2D eigenvalue weighted by molar-refractivity contribution is 5.00. The van der Waals surface area contributed by atoms with Gasteiger partial charge < -0.3 is 14.9 Å². The Morgan fingerprint density at radius 3 is 2.19 bits per heavy atom. The van der Waals surface area contributed by atoms with Crippen LogP contribution in [0.2, 0.25) is 0 Å². The quantitative estimate of drug-likeness (QED) is 0.734. The molecule has 1 aliphatic heterocycles. The van der Waals surface area contributed by atoms with E-state index in [1.165, 1.54) is 12.8 Å². The maximum Gasteiger partial charge on any atom is 0.106 e. The van der Waals surface area contributed by atoms with Crippen LogP contribution in [0.1, 0.15) is 40.5 Å². The van der Waals surface area contributed by atoms with Crippen molar-refractivity contribution in [1.82, 2.24) is 10.2 Å². The van der Waals surface area contributed by atoms with Crippen LogP contribution in [-0.4, -0.2) is 72.4 Å². The summed E-state index contributed by atoms with van der Waals surface area (Å²) in [5.74, 6) is 0. The predicted molar refractivity (Wildman–Crippen MR) is 90.1 cm³/mol. The highest BCUT2D eigenvalue weighted by Crippen LogP contribution is 2.30. The van der Waals surface area contributed by atoms with Crippen molar-refractivity contribution in [2.75, 3.05) is 40.8 Å². The van der Waals surface area contributed by atoms with Gasteiger partial charge in [-0.1, -0.05) is 0 Å². The van der Waals surface area contributed by atoms with Gasteiger partial charge in [0.25, 0.3) is 0 Å². The van der Waals surface area contributed by atoms with Crippen LogP contribution in [-0.2, 0) is 0 Å². The number of hydrogen-bond acceptors (Lipinski definition) is 3. The minimum atomic E-state index is 0.191. The second kappa shape index (κ2) is 6.78. The van der Waals surface area contributed by atoms with E-state index in [4.69, 9.17) is 5.11 Å². The summed E-state index contributed by atoms with van der Waals surface area (Å²) in [5.41, 5.74) is 0.382. The first-order valence-electron chi connectivity index (χ1n) is 8.07. The first-order chi connectivity index (χ1) is 9.46. The van der Waals surface area contributed by atoms with E-state index in [9.17, 15) is 0 Å². The van der Waals surface area contributed by atoms with Crippen molar-refractivity contribution >= 4 is 0 Å². The summed E-state index contributed by atoms with van der Waals surface area (Å²) < 4.78 is 0.730. The summed E-state index contributed by atoms with van der Waals surface area (Å²) in [4.78, 5) is 2.46. The van der Waals surface area contributed by atoms with Gasteiger partial charge in [-0.2, -0.15) is 0 Å². The van der Waals surface area contributed by atoms with E-state index in [2.05, 4.69) is 71.3 Å². The lowest BCUT2D eigenvalue weighted by molar-refractivity contribution is -0.839. The van der Waals surface area contributed by atoms with Gasteiger partial charge in [-0.05, 0) is 53.7 Å². The Balaban J connectivity index is 2.59. The van der Waals surface area contributed by atoms with Crippen molar-refractivity contribution in [3.05, 3.63) is 12.3 Å². The molecular weight excluding hydrogens is 262 g/mol. The highest BCUT2D eigenvalue weighted by Gasteiger charge is 2.38. The van der Waals surface area contributed by atoms with Gasteiger partial charge in [-0.25, -0.2) is 0 Å². The molecule has 1 fully saturated rings. The molecule has 1 aliphatic rings. The molecule has 124 valence electrons. The Bertz CT molecular complexity index is 345. The third-order valence-electron chi connectivity index (χ3n) is 4.37. The molecule has 4 heteroatoms.